The molecule has 0 radical (unpaired) electrons. The maximum atomic E-state index is 2.89. The Morgan fingerprint density at radius 3 is 0.974 bits per heavy atom. The van der Waals surface area contributed by atoms with Crippen LogP contribution in [-0.4, -0.2) is 48.0 Å². The predicted octanol–water partition coefficient (Wildman–Crippen LogP) is 11.6. The summed E-state index contributed by atoms with van der Waals surface area (Å²) in [6.45, 7) is 42.6. The molecule has 0 amide bonds. The number of rotatable bonds is 10. The molecule has 0 aliphatic carbocycles. The summed E-state index contributed by atoms with van der Waals surface area (Å²) in [4.78, 5) is 5.78. The van der Waals surface area contributed by atoms with E-state index in [1.165, 1.54) is 38.1 Å². The molecule has 0 aromatic rings. The fourth-order valence-corrected chi connectivity index (χ4v) is 60.2. The first-order valence-electron chi connectivity index (χ1n) is 16.7. The van der Waals surface area contributed by atoms with E-state index in [-0.39, 0.29) is 10.8 Å². The van der Waals surface area contributed by atoms with E-state index < -0.39 is 34.5 Å². The summed E-state index contributed by atoms with van der Waals surface area (Å²) in [5.41, 5.74) is 7.94. The van der Waals surface area contributed by atoms with E-state index in [1.54, 1.807) is 0 Å². The molecular formula is C34H66B2Si2Sn. The van der Waals surface area contributed by atoms with Crippen LogP contribution in [0.15, 0.2) is 38.9 Å². The van der Waals surface area contributed by atoms with Gasteiger partial charge in [0.15, 0.2) is 0 Å². The summed E-state index contributed by atoms with van der Waals surface area (Å²) in [5.74, 6) is 0. The van der Waals surface area contributed by atoms with E-state index in [0.29, 0.717) is 0 Å². The Morgan fingerprint density at radius 1 is 0.538 bits per heavy atom. The molecule has 2 aliphatic rings. The van der Waals surface area contributed by atoms with Crippen molar-refractivity contribution in [3.63, 3.8) is 0 Å². The van der Waals surface area contributed by atoms with Crippen LogP contribution in [0.25, 0.3) is 0 Å². The van der Waals surface area contributed by atoms with Crippen molar-refractivity contribution >= 4 is 48.0 Å². The molecule has 0 saturated heterocycles. The van der Waals surface area contributed by atoms with E-state index >= 15 is 0 Å². The van der Waals surface area contributed by atoms with Crippen molar-refractivity contribution in [2.45, 2.75) is 157 Å². The summed E-state index contributed by atoms with van der Waals surface area (Å²) in [5, 5.41) is 3.83. The molecule has 39 heavy (non-hydrogen) atoms. The average molecular weight is 671 g/mol. The topological polar surface area (TPSA) is 0 Å². The fraction of sp³-hybridized carbons (Fsp3) is 0.765. The fourth-order valence-electron chi connectivity index (χ4n) is 10.4. The van der Waals surface area contributed by atoms with Crippen LogP contribution in [0.1, 0.15) is 95.9 Å². The monoisotopic (exact) mass is 672 g/mol. The predicted molar refractivity (Wildman–Crippen MR) is 193 cm³/mol. The number of hydrogen-bond donors (Lipinski definition) is 0. The van der Waals surface area contributed by atoms with Crippen LogP contribution in [0.4, 0.5) is 0 Å². The van der Waals surface area contributed by atoms with E-state index in [9.17, 15) is 0 Å². The van der Waals surface area contributed by atoms with Gasteiger partial charge < -0.3 is 0 Å². The zero-order valence-electron chi connectivity index (χ0n) is 29.9. The Bertz CT molecular complexity index is 979. The molecule has 0 bridgehead atoms. The van der Waals surface area contributed by atoms with Crippen LogP contribution in [0.2, 0.25) is 61.3 Å². The molecule has 5 heteroatoms. The third-order valence-electron chi connectivity index (χ3n) is 10.5. The third-order valence-corrected chi connectivity index (χ3v) is 46.1. The van der Waals surface area contributed by atoms with Crippen LogP contribution in [-0.2, 0) is 0 Å². The molecular weight excluding hydrogens is 605 g/mol. The Hall–Kier alpha value is 0.322. The van der Waals surface area contributed by atoms with Crippen molar-refractivity contribution in [1.29, 1.82) is 0 Å². The second-order valence-electron chi connectivity index (χ2n) is 16.4. The molecule has 0 aromatic carbocycles. The SMILES string of the molecule is CCB(CC)C1=C(C(C)(C)C)[Si](C)(C)[C]([Sn]([CH3])([CH3])[C]2=C(CC)C(B(CC)CC)=C(C(C)(C)C)[Si]2(C)C)=C1CC. The molecule has 0 fully saturated rings. The Labute approximate surface area is 253 Å². The normalized spacial score (nSPS) is 20.2. The van der Waals surface area contributed by atoms with Gasteiger partial charge in [-0.1, -0.05) is 0 Å². The standard InChI is InChI=1S/2C16H30BSi.2CH3.Sn/c2*1-9-13-12-18(7,8)15(16(4,5)6)14(13)17(10-2)11-3;;;/h2*9-11H2,1-8H3;2*1H3;. The van der Waals surface area contributed by atoms with Crippen LogP contribution in [0, 0.1) is 10.8 Å². The zero-order valence-corrected chi connectivity index (χ0v) is 34.8. The average Bonchev–Trinajstić information content (AvgIpc) is 3.19. The quantitative estimate of drug-likeness (QED) is 0.203. The molecule has 220 valence electrons. The van der Waals surface area contributed by atoms with E-state index in [0.717, 1.165) is 13.4 Å². The van der Waals surface area contributed by atoms with Crippen molar-refractivity contribution in [2.75, 3.05) is 0 Å². The minimum atomic E-state index is -2.99. The summed E-state index contributed by atoms with van der Waals surface area (Å²) in [6.07, 6.45) is 7.57. The van der Waals surface area contributed by atoms with Crippen molar-refractivity contribution < 1.29 is 0 Å². The molecule has 0 saturated carbocycles. The molecule has 2 aliphatic heterocycles. The number of hydrogen-bond acceptors (Lipinski definition) is 0. The molecule has 2 heterocycles. The van der Waals surface area contributed by atoms with Gasteiger partial charge in [-0.2, -0.15) is 0 Å². The molecule has 0 aromatic heterocycles. The molecule has 0 N–H and O–H groups in total. The molecule has 0 nitrogen and oxygen atoms in total. The van der Waals surface area contributed by atoms with E-state index in [1.807, 2.05) is 32.5 Å². The van der Waals surface area contributed by atoms with Gasteiger partial charge in [0.05, 0.1) is 0 Å². The summed E-state index contributed by atoms with van der Waals surface area (Å²) in [7, 11) is -3.59. The summed E-state index contributed by atoms with van der Waals surface area (Å²) >= 11 is -2.99. The second-order valence-corrected chi connectivity index (χ2v) is 39.9. The first-order valence-corrected chi connectivity index (χ1v) is 31.2. The van der Waals surface area contributed by atoms with Crippen molar-refractivity contribution in [2.24, 2.45) is 10.8 Å². The Kier molecular flexibility index (Phi) is 11.1. The summed E-state index contributed by atoms with van der Waals surface area (Å²) < 4.78 is 4.21. The van der Waals surface area contributed by atoms with Crippen molar-refractivity contribution in [3.8, 4) is 0 Å². The van der Waals surface area contributed by atoms with Gasteiger partial charge in [0.2, 0.25) is 0 Å². The second kappa shape index (κ2) is 12.1. The van der Waals surface area contributed by atoms with Gasteiger partial charge in [0, 0.05) is 0 Å². The van der Waals surface area contributed by atoms with Crippen LogP contribution >= 0.6 is 0 Å². The Balaban J connectivity index is 3.08. The first-order chi connectivity index (χ1) is 17.7. The minimum absolute atomic E-state index is 0.248. The molecule has 2 rings (SSSR count). The van der Waals surface area contributed by atoms with Gasteiger partial charge in [-0.25, -0.2) is 0 Å². The third kappa shape index (κ3) is 5.93. The molecule has 0 spiro atoms. The van der Waals surface area contributed by atoms with Crippen molar-refractivity contribution in [1.82, 2.24) is 0 Å². The van der Waals surface area contributed by atoms with Gasteiger partial charge in [0.25, 0.3) is 0 Å². The van der Waals surface area contributed by atoms with Crippen LogP contribution < -0.4 is 0 Å². The first kappa shape index (κ1) is 35.5. The van der Waals surface area contributed by atoms with Gasteiger partial charge in [-0.3, -0.25) is 0 Å². The Morgan fingerprint density at radius 2 is 0.795 bits per heavy atom. The zero-order chi connectivity index (χ0) is 30.5. The number of allylic oxidation sites excluding steroid dienone is 6. The van der Waals surface area contributed by atoms with Crippen LogP contribution in [0.5, 0.6) is 0 Å². The van der Waals surface area contributed by atoms with E-state index in [2.05, 4.69) is 126 Å². The molecule has 0 unspecified atom stereocenters. The van der Waals surface area contributed by atoms with Gasteiger partial charge >= 0.3 is 255 Å². The van der Waals surface area contributed by atoms with Crippen molar-refractivity contribution in [3.05, 3.63) is 38.9 Å². The molecule has 0 atom stereocenters. The van der Waals surface area contributed by atoms with Gasteiger partial charge in [-0.05, 0) is 0 Å². The van der Waals surface area contributed by atoms with Gasteiger partial charge in [0.1, 0.15) is 0 Å². The van der Waals surface area contributed by atoms with E-state index in [4.69, 9.17) is 0 Å². The summed E-state index contributed by atoms with van der Waals surface area (Å²) in [6, 6.07) is 0. The van der Waals surface area contributed by atoms with Gasteiger partial charge in [-0.15, -0.1) is 0 Å². The maximum absolute atomic E-state index is 2.99. The van der Waals surface area contributed by atoms with Crippen LogP contribution in [0.3, 0.4) is 0 Å².